The lowest BCUT2D eigenvalue weighted by atomic mass is 10.2. The van der Waals surface area contributed by atoms with E-state index in [2.05, 4.69) is 10.5 Å². The zero-order valence-corrected chi connectivity index (χ0v) is 23.6. The van der Waals surface area contributed by atoms with Crippen molar-refractivity contribution in [2.75, 3.05) is 17.2 Å². The van der Waals surface area contributed by atoms with Gasteiger partial charge in [-0.3, -0.25) is 9.10 Å². The predicted octanol–water partition coefficient (Wildman–Crippen LogP) is 4.79. The summed E-state index contributed by atoms with van der Waals surface area (Å²) in [4.78, 5) is 24.3. The highest BCUT2D eigenvalue weighted by atomic mass is 35.5. The van der Waals surface area contributed by atoms with Gasteiger partial charge >= 0.3 is 5.97 Å². The number of halogens is 1. The summed E-state index contributed by atoms with van der Waals surface area (Å²) in [5.74, 6) is -0.444. The van der Waals surface area contributed by atoms with Crippen molar-refractivity contribution in [3.63, 3.8) is 0 Å². The second-order valence-corrected chi connectivity index (χ2v) is 11.9. The maximum Gasteiger partial charge on any atom is 0.344 e. The summed E-state index contributed by atoms with van der Waals surface area (Å²) in [6.45, 7) is 5.19. The SMILES string of the molecule is CC(C)(C)OC(=O)COc1ccc(/C=N\NC(=O)c2ccc(N(Cc3ccccc3Cl)S(C)(=O)=O)cc2)cc1. The molecule has 0 bridgehead atoms. The van der Waals surface area contributed by atoms with Gasteiger partial charge in [-0.2, -0.15) is 5.10 Å². The molecule has 39 heavy (non-hydrogen) atoms. The van der Waals surface area contributed by atoms with Gasteiger partial charge in [-0.25, -0.2) is 18.6 Å². The monoisotopic (exact) mass is 571 g/mol. The number of amides is 1. The Bertz CT molecular complexity index is 1430. The Balaban J connectivity index is 1.57. The molecule has 0 aliphatic carbocycles. The molecular formula is C28H30ClN3O6S. The molecule has 1 amide bonds. The molecule has 206 valence electrons. The number of sulfonamides is 1. The number of esters is 1. The minimum atomic E-state index is -3.61. The van der Waals surface area contributed by atoms with E-state index in [4.69, 9.17) is 21.1 Å². The van der Waals surface area contributed by atoms with Crippen LogP contribution in [0.5, 0.6) is 5.75 Å². The van der Waals surface area contributed by atoms with Crippen molar-refractivity contribution in [1.29, 1.82) is 0 Å². The van der Waals surface area contributed by atoms with Crippen LogP contribution in [0.2, 0.25) is 5.02 Å². The second kappa shape index (κ2) is 12.8. The van der Waals surface area contributed by atoms with Crippen molar-refractivity contribution in [1.82, 2.24) is 5.43 Å². The highest BCUT2D eigenvalue weighted by Gasteiger charge is 2.20. The third-order valence-electron chi connectivity index (χ3n) is 5.13. The molecule has 0 aliphatic heterocycles. The fraction of sp³-hybridized carbons (Fsp3) is 0.250. The molecule has 3 rings (SSSR count). The van der Waals surface area contributed by atoms with Crippen LogP contribution in [0, 0.1) is 0 Å². The Morgan fingerprint density at radius 2 is 1.64 bits per heavy atom. The summed E-state index contributed by atoms with van der Waals surface area (Å²) < 4.78 is 36.7. The Morgan fingerprint density at radius 3 is 2.23 bits per heavy atom. The summed E-state index contributed by atoms with van der Waals surface area (Å²) in [5, 5.41) is 4.43. The third-order valence-corrected chi connectivity index (χ3v) is 6.64. The second-order valence-electron chi connectivity index (χ2n) is 9.55. The summed E-state index contributed by atoms with van der Waals surface area (Å²) in [7, 11) is -3.61. The summed E-state index contributed by atoms with van der Waals surface area (Å²) >= 11 is 6.21. The largest absolute Gasteiger partial charge is 0.482 e. The number of ether oxygens (including phenoxy) is 2. The van der Waals surface area contributed by atoms with Gasteiger partial charge in [0.05, 0.1) is 24.7 Å². The Hall–Kier alpha value is -3.89. The first-order chi connectivity index (χ1) is 18.3. The first-order valence-corrected chi connectivity index (χ1v) is 14.1. The molecule has 0 atom stereocenters. The van der Waals surface area contributed by atoms with Gasteiger partial charge in [0.1, 0.15) is 11.4 Å². The molecule has 1 N–H and O–H groups in total. The van der Waals surface area contributed by atoms with Crippen molar-refractivity contribution in [3.05, 3.63) is 94.5 Å². The fourth-order valence-electron chi connectivity index (χ4n) is 3.35. The number of benzene rings is 3. The average Bonchev–Trinajstić information content (AvgIpc) is 2.86. The molecule has 0 unspecified atom stereocenters. The average molecular weight is 572 g/mol. The van der Waals surface area contributed by atoms with E-state index in [0.717, 1.165) is 6.26 Å². The smallest absolute Gasteiger partial charge is 0.344 e. The van der Waals surface area contributed by atoms with Crippen LogP contribution in [-0.4, -0.2) is 45.0 Å². The van der Waals surface area contributed by atoms with Crippen molar-refractivity contribution in [2.45, 2.75) is 32.9 Å². The van der Waals surface area contributed by atoms with E-state index >= 15 is 0 Å². The van der Waals surface area contributed by atoms with Gasteiger partial charge in [-0.1, -0.05) is 29.8 Å². The van der Waals surface area contributed by atoms with E-state index in [-0.39, 0.29) is 13.2 Å². The van der Waals surface area contributed by atoms with E-state index in [9.17, 15) is 18.0 Å². The highest BCUT2D eigenvalue weighted by molar-refractivity contribution is 7.92. The van der Waals surface area contributed by atoms with Gasteiger partial charge in [0.15, 0.2) is 6.61 Å². The molecule has 3 aromatic carbocycles. The van der Waals surface area contributed by atoms with Crippen LogP contribution in [-0.2, 0) is 26.1 Å². The minimum absolute atomic E-state index is 0.0547. The first kappa shape index (κ1) is 29.7. The number of hydrogen-bond acceptors (Lipinski definition) is 7. The number of anilines is 1. The number of carbonyl (C=O) groups is 2. The van der Waals surface area contributed by atoms with Crippen molar-refractivity contribution < 1.29 is 27.5 Å². The molecule has 0 saturated carbocycles. The number of nitrogens with zero attached hydrogens (tertiary/aromatic N) is 2. The van der Waals surface area contributed by atoms with Crippen molar-refractivity contribution in [3.8, 4) is 5.75 Å². The molecule has 0 radical (unpaired) electrons. The van der Waals surface area contributed by atoms with Gasteiger partial charge in [-0.15, -0.1) is 0 Å². The highest BCUT2D eigenvalue weighted by Crippen LogP contribution is 2.24. The first-order valence-electron chi connectivity index (χ1n) is 11.9. The number of nitrogens with one attached hydrogen (secondary N) is 1. The standard InChI is InChI=1S/C28H30ClN3O6S/c1-28(2,3)38-26(33)19-37-24-15-9-20(10-16-24)17-30-31-27(34)21-11-13-23(14-12-21)32(39(4,35)36)18-22-7-5-6-8-25(22)29/h5-17H,18-19H2,1-4H3,(H,31,34)/b30-17-. The van der Waals surface area contributed by atoms with E-state index in [1.54, 1.807) is 81.4 Å². The van der Waals surface area contributed by atoms with Crippen LogP contribution in [0.1, 0.15) is 42.3 Å². The summed E-state index contributed by atoms with van der Waals surface area (Å²) in [5.41, 5.74) is 3.90. The molecule has 0 saturated heterocycles. The Kier molecular flexibility index (Phi) is 9.71. The quantitative estimate of drug-likeness (QED) is 0.213. The van der Waals surface area contributed by atoms with Crippen LogP contribution < -0.4 is 14.5 Å². The molecule has 9 nitrogen and oxygen atoms in total. The molecular weight excluding hydrogens is 542 g/mol. The van der Waals surface area contributed by atoms with Crippen LogP contribution in [0.25, 0.3) is 0 Å². The van der Waals surface area contributed by atoms with Gasteiger partial charge in [0, 0.05) is 10.6 Å². The topological polar surface area (TPSA) is 114 Å². The zero-order chi connectivity index (χ0) is 28.6. The molecule has 0 heterocycles. The number of hydrazone groups is 1. The predicted molar refractivity (Wildman–Crippen MR) is 152 cm³/mol. The van der Waals surface area contributed by atoms with Crippen molar-refractivity contribution in [2.24, 2.45) is 5.10 Å². The van der Waals surface area contributed by atoms with Gasteiger partial charge < -0.3 is 9.47 Å². The lowest BCUT2D eigenvalue weighted by Crippen LogP contribution is -2.29. The molecule has 0 aliphatic rings. The number of hydrogen-bond donors (Lipinski definition) is 1. The van der Waals surface area contributed by atoms with Crippen LogP contribution in [0.3, 0.4) is 0 Å². The Labute approximate surface area is 233 Å². The van der Waals surface area contributed by atoms with E-state index in [1.807, 2.05) is 0 Å². The Morgan fingerprint density at radius 1 is 1.00 bits per heavy atom. The van der Waals surface area contributed by atoms with E-state index < -0.39 is 27.5 Å². The normalized spacial score (nSPS) is 11.7. The van der Waals surface area contributed by atoms with Crippen LogP contribution in [0.4, 0.5) is 5.69 Å². The van der Waals surface area contributed by atoms with E-state index in [0.29, 0.717) is 33.1 Å². The van der Waals surface area contributed by atoms with Gasteiger partial charge in [-0.05, 0) is 86.5 Å². The minimum Gasteiger partial charge on any atom is -0.482 e. The maximum absolute atomic E-state index is 12.5. The number of carbonyl (C=O) groups excluding carboxylic acids is 2. The fourth-order valence-corrected chi connectivity index (χ4v) is 4.43. The van der Waals surface area contributed by atoms with Gasteiger partial charge in [0.25, 0.3) is 5.91 Å². The van der Waals surface area contributed by atoms with Crippen LogP contribution in [0.15, 0.2) is 77.9 Å². The molecule has 3 aromatic rings. The molecule has 0 aromatic heterocycles. The van der Waals surface area contributed by atoms with Crippen LogP contribution >= 0.6 is 11.6 Å². The number of rotatable bonds is 10. The van der Waals surface area contributed by atoms with Gasteiger partial charge in [0.2, 0.25) is 10.0 Å². The summed E-state index contributed by atoms with van der Waals surface area (Å²) in [6.07, 6.45) is 2.57. The third kappa shape index (κ3) is 9.42. The lowest BCUT2D eigenvalue weighted by molar-refractivity contribution is -0.157. The molecule has 0 fully saturated rings. The maximum atomic E-state index is 12.5. The van der Waals surface area contributed by atoms with Crippen molar-refractivity contribution >= 4 is 45.4 Å². The van der Waals surface area contributed by atoms with E-state index in [1.165, 1.54) is 22.7 Å². The summed E-state index contributed by atoms with van der Waals surface area (Å²) in [6, 6.07) is 19.9. The molecule has 11 heteroatoms. The lowest BCUT2D eigenvalue weighted by Gasteiger charge is -2.23. The molecule has 0 spiro atoms. The zero-order valence-electron chi connectivity index (χ0n) is 22.0.